The number of ether oxygens (including phenoxy) is 5. The highest BCUT2D eigenvalue weighted by Gasteiger charge is 2.35. The molecule has 0 aliphatic carbocycles. The number of rotatable bonds is 14. The number of anilines is 1. The lowest BCUT2D eigenvalue weighted by Crippen LogP contribution is -2.32. The molecule has 1 unspecified atom stereocenters. The number of thiol groups is 2. The molecule has 8 rings (SSSR count). The second kappa shape index (κ2) is 16.9. The average molecular weight is 820 g/mol. The van der Waals surface area contributed by atoms with Crippen molar-refractivity contribution in [1.29, 1.82) is 0 Å². The standard InChI is InChI=1S/C44H45N5O7S2/c1-52-34-12-8-28(9-13-34)30-17-33-23-46-38-21-42(40(54-3)19-36(38)44(51)49(33)25-30)56-15-5-14-55-41-20-37-35(18-39(41)53-2)43(50)48-24-29(16-32(48)22-45-37)27-6-10-31(11-7-27)47-26-58(4)57/h6-13,18-25,32-33,47,57-58H,5,14-17,26H2,1-4H3/t32-,33-/m0/s1. The SMILES string of the molecule is COc1ccc(C2=CN3C(=O)c4cc(OC)c(OCCCOc5cc6c(cc5OC)C(=O)N5C=C(c7ccc(NC[SH](C)S)cc7)C[C@H]5C=N6)cc4N=C[C@@H]3C2)cc1. The minimum Gasteiger partial charge on any atom is -0.497 e. The van der Waals surface area contributed by atoms with Crippen molar-refractivity contribution < 1.29 is 33.3 Å². The molecular formula is C44H45N5O7S2. The largest absolute Gasteiger partial charge is 0.497 e. The van der Waals surface area contributed by atoms with Crippen LogP contribution in [0.2, 0.25) is 0 Å². The van der Waals surface area contributed by atoms with Gasteiger partial charge in [-0.25, -0.2) is 0 Å². The molecule has 0 spiro atoms. The van der Waals surface area contributed by atoms with E-state index in [2.05, 4.69) is 47.5 Å². The third-order valence-corrected chi connectivity index (χ3v) is 11.5. The Bertz CT molecular complexity index is 2340. The number of nitrogens with zero attached hydrogens (tertiary/aromatic N) is 4. The van der Waals surface area contributed by atoms with Crippen molar-refractivity contribution in [3.63, 3.8) is 0 Å². The third-order valence-electron chi connectivity index (χ3n) is 10.5. The second-order valence-corrected chi connectivity index (χ2v) is 17.9. The van der Waals surface area contributed by atoms with Crippen LogP contribution in [0.25, 0.3) is 11.1 Å². The first-order chi connectivity index (χ1) is 28.2. The average Bonchev–Trinajstić information content (AvgIpc) is 3.83. The molecule has 4 aromatic carbocycles. The Morgan fingerprint density at radius 2 is 1.17 bits per heavy atom. The molecule has 4 aliphatic heterocycles. The fourth-order valence-electron chi connectivity index (χ4n) is 7.38. The van der Waals surface area contributed by atoms with Gasteiger partial charge < -0.3 is 38.8 Å². The molecule has 58 heavy (non-hydrogen) atoms. The van der Waals surface area contributed by atoms with Crippen LogP contribution in [0.15, 0.2) is 95.2 Å². The van der Waals surface area contributed by atoms with E-state index in [1.54, 1.807) is 55.4 Å². The molecule has 4 aromatic rings. The summed E-state index contributed by atoms with van der Waals surface area (Å²) in [6.45, 7) is 0.611. The van der Waals surface area contributed by atoms with Crippen LogP contribution in [0, 0.1) is 0 Å². The van der Waals surface area contributed by atoms with E-state index in [0.29, 0.717) is 78.0 Å². The molecule has 0 fully saturated rings. The smallest absolute Gasteiger partial charge is 0.260 e. The highest BCUT2D eigenvalue weighted by Crippen LogP contribution is 2.42. The predicted octanol–water partition coefficient (Wildman–Crippen LogP) is 8.35. The Kier molecular flexibility index (Phi) is 11.4. The van der Waals surface area contributed by atoms with Crippen LogP contribution in [0.5, 0.6) is 28.7 Å². The van der Waals surface area contributed by atoms with Crippen molar-refractivity contribution in [2.24, 2.45) is 9.98 Å². The van der Waals surface area contributed by atoms with Gasteiger partial charge in [0.15, 0.2) is 23.0 Å². The van der Waals surface area contributed by atoms with Gasteiger partial charge >= 0.3 is 0 Å². The van der Waals surface area contributed by atoms with Gasteiger partial charge in [0.05, 0.1) is 75.0 Å². The Morgan fingerprint density at radius 3 is 1.62 bits per heavy atom. The van der Waals surface area contributed by atoms with Gasteiger partial charge in [-0.05, 0) is 64.9 Å². The van der Waals surface area contributed by atoms with Crippen molar-refractivity contribution in [3.8, 4) is 28.7 Å². The van der Waals surface area contributed by atoms with Crippen LogP contribution in [-0.2, 0) is 0 Å². The maximum Gasteiger partial charge on any atom is 0.260 e. The molecule has 0 bridgehead atoms. The van der Waals surface area contributed by atoms with E-state index in [1.807, 2.05) is 49.1 Å². The Balaban J connectivity index is 0.891. The lowest BCUT2D eigenvalue weighted by Gasteiger charge is -2.19. The monoisotopic (exact) mass is 819 g/mol. The summed E-state index contributed by atoms with van der Waals surface area (Å²) in [4.78, 5) is 40.5. The first kappa shape index (κ1) is 39.0. The van der Waals surface area contributed by atoms with Crippen LogP contribution in [0.3, 0.4) is 0 Å². The number of hydrogen-bond acceptors (Lipinski definition) is 11. The van der Waals surface area contributed by atoms with E-state index in [-0.39, 0.29) is 33.8 Å². The molecule has 300 valence electrons. The van der Waals surface area contributed by atoms with Gasteiger partial charge in [-0.15, -0.1) is 11.7 Å². The normalized spacial score (nSPS) is 18.5. The number of fused-ring (bicyclic) bond motifs is 4. The van der Waals surface area contributed by atoms with Gasteiger partial charge in [0, 0.05) is 61.9 Å². The van der Waals surface area contributed by atoms with Crippen LogP contribution in [0.4, 0.5) is 17.1 Å². The van der Waals surface area contributed by atoms with Gasteiger partial charge in [0.25, 0.3) is 11.8 Å². The number of hydrogen-bond donors (Lipinski definition) is 3. The molecule has 14 heteroatoms. The highest BCUT2D eigenvalue weighted by molar-refractivity contribution is 8.77. The van der Waals surface area contributed by atoms with E-state index >= 15 is 0 Å². The van der Waals surface area contributed by atoms with Gasteiger partial charge in [-0.3, -0.25) is 19.6 Å². The first-order valence-corrected chi connectivity index (χ1v) is 22.1. The Morgan fingerprint density at radius 1 is 0.690 bits per heavy atom. The number of carbonyl (C=O) groups excluding carboxylic acids is 2. The van der Waals surface area contributed by atoms with Gasteiger partial charge in [0.2, 0.25) is 0 Å². The van der Waals surface area contributed by atoms with Gasteiger partial charge in [-0.1, -0.05) is 24.3 Å². The molecule has 1 N–H and O–H groups in total. The number of nitrogens with one attached hydrogen (secondary N) is 1. The minimum atomic E-state index is -0.338. The van der Waals surface area contributed by atoms with Crippen molar-refractivity contribution in [3.05, 3.63) is 107 Å². The number of methoxy groups -OCH3 is 3. The van der Waals surface area contributed by atoms with Gasteiger partial charge in [0.1, 0.15) is 5.75 Å². The lowest BCUT2D eigenvalue weighted by molar-refractivity contribution is 0.0809. The van der Waals surface area contributed by atoms with E-state index in [9.17, 15) is 9.59 Å². The second-order valence-electron chi connectivity index (χ2n) is 14.2. The maximum absolute atomic E-state index is 13.9. The molecular weight excluding hydrogens is 775 g/mol. The van der Waals surface area contributed by atoms with E-state index in [1.165, 1.54) is 0 Å². The summed E-state index contributed by atoms with van der Waals surface area (Å²) in [5, 5.41) is 3.40. The summed E-state index contributed by atoms with van der Waals surface area (Å²) < 4.78 is 28.9. The van der Waals surface area contributed by atoms with E-state index in [0.717, 1.165) is 39.6 Å². The third kappa shape index (κ3) is 7.98. The van der Waals surface area contributed by atoms with Crippen LogP contribution < -0.4 is 29.0 Å². The predicted molar refractivity (Wildman–Crippen MR) is 235 cm³/mol. The summed E-state index contributed by atoms with van der Waals surface area (Å²) in [7, 11) is 4.39. The molecule has 0 radical (unpaired) electrons. The minimum absolute atomic E-state index is 0.148. The molecule has 4 aliphatic rings. The highest BCUT2D eigenvalue weighted by atomic mass is 33.1. The van der Waals surface area contributed by atoms with Crippen molar-refractivity contribution in [2.75, 3.05) is 52.0 Å². The van der Waals surface area contributed by atoms with E-state index in [4.69, 9.17) is 33.7 Å². The van der Waals surface area contributed by atoms with Crippen LogP contribution in [0.1, 0.15) is 51.1 Å². The molecule has 12 nitrogen and oxygen atoms in total. The van der Waals surface area contributed by atoms with Crippen LogP contribution >= 0.6 is 21.6 Å². The maximum atomic E-state index is 13.9. The molecule has 4 heterocycles. The zero-order valence-corrected chi connectivity index (χ0v) is 34.5. The Hall–Kier alpha value is -5.86. The number of amides is 2. The number of benzene rings is 4. The molecule has 0 saturated carbocycles. The zero-order valence-electron chi connectivity index (χ0n) is 32.7. The fourth-order valence-corrected chi connectivity index (χ4v) is 8.00. The molecule has 2 amide bonds. The summed E-state index contributed by atoms with van der Waals surface area (Å²) in [5.41, 5.74) is 7.18. The van der Waals surface area contributed by atoms with E-state index < -0.39 is 0 Å². The fraction of sp³-hybridized carbons (Fsp3) is 0.273. The summed E-state index contributed by atoms with van der Waals surface area (Å²) in [5.74, 6) is 3.14. The molecule has 0 saturated heterocycles. The Labute approximate surface area is 345 Å². The van der Waals surface area contributed by atoms with Crippen molar-refractivity contribution in [2.45, 2.75) is 31.3 Å². The summed E-state index contributed by atoms with van der Waals surface area (Å²) in [6.07, 6.45) is 11.4. The number of aliphatic imine (C=N–C) groups is 2. The lowest BCUT2D eigenvalue weighted by atomic mass is 10.0. The van der Waals surface area contributed by atoms with Crippen LogP contribution in [-0.4, -0.2) is 92.8 Å². The zero-order chi connectivity index (χ0) is 40.3. The first-order valence-electron chi connectivity index (χ1n) is 19.0. The topological polar surface area (TPSA) is 124 Å². The summed E-state index contributed by atoms with van der Waals surface area (Å²) >= 11 is 4.50. The summed E-state index contributed by atoms with van der Waals surface area (Å²) in [6, 6.07) is 22.5. The van der Waals surface area contributed by atoms with Gasteiger partial charge in [-0.2, -0.15) is 9.93 Å². The quantitative estimate of drug-likeness (QED) is 0.0660. The molecule has 3 atom stereocenters. The molecule has 0 aromatic heterocycles. The van der Waals surface area contributed by atoms with Crippen molar-refractivity contribution in [1.82, 2.24) is 9.80 Å². The van der Waals surface area contributed by atoms with Crippen molar-refractivity contribution >= 4 is 74.0 Å². The number of carbonyl (C=O) groups is 2.